The Labute approximate surface area is 83.3 Å². The van der Waals surface area contributed by atoms with E-state index < -0.39 is 22.9 Å². The Morgan fingerprint density at radius 1 is 1.29 bits per heavy atom. The van der Waals surface area contributed by atoms with Crippen molar-refractivity contribution in [3.8, 4) is 0 Å². The third-order valence-electron chi connectivity index (χ3n) is 1.21. The predicted octanol–water partition coefficient (Wildman–Crippen LogP) is 0.992. The predicted molar refractivity (Wildman–Crippen MR) is 48.5 cm³/mol. The van der Waals surface area contributed by atoms with Crippen molar-refractivity contribution in [2.45, 2.75) is 26.2 Å². The molecule has 0 saturated carbocycles. The van der Waals surface area contributed by atoms with Gasteiger partial charge in [0.1, 0.15) is 0 Å². The normalized spacial score (nSPS) is 15.1. The van der Waals surface area contributed by atoms with E-state index in [1.165, 1.54) is 0 Å². The molecule has 0 spiro atoms. The van der Waals surface area contributed by atoms with Crippen LogP contribution in [-0.2, 0) is 18.2 Å². The zero-order valence-corrected chi connectivity index (χ0v) is 9.41. The van der Waals surface area contributed by atoms with Gasteiger partial charge < -0.3 is 0 Å². The van der Waals surface area contributed by atoms with E-state index in [1.807, 2.05) is 6.92 Å². The van der Waals surface area contributed by atoms with Gasteiger partial charge >= 0.3 is 22.9 Å². The van der Waals surface area contributed by atoms with Crippen LogP contribution in [0, 0.1) is 0 Å². The smallest absolute Gasteiger partial charge is 0.261 e. The van der Waals surface area contributed by atoms with E-state index in [0.717, 1.165) is 12.8 Å². The summed E-state index contributed by atoms with van der Waals surface area (Å²) in [5, 5.41) is 2.55. The molecule has 0 saturated heterocycles. The zero-order chi connectivity index (χ0) is 11.0. The molecule has 0 radical (unpaired) electrons. The minimum Gasteiger partial charge on any atom is -0.261 e. The second-order valence-electron chi connectivity index (χ2n) is 2.33. The zero-order valence-electron chi connectivity index (χ0n) is 7.62. The molecular formula is C5H13NO6P2+2. The molecular weight excluding hydrogens is 232 g/mol. The monoisotopic (exact) mass is 245 g/mol. The van der Waals surface area contributed by atoms with Crippen molar-refractivity contribution in [1.29, 1.82) is 0 Å². The van der Waals surface area contributed by atoms with E-state index in [4.69, 9.17) is 9.79 Å². The van der Waals surface area contributed by atoms with Gasteiger partial charge in [0.25, 0.3) is 0 Å². The Bertz CT molecular complexity index is 185. The van der Waals surface area contributed by atoms with Gasteiger partial charge in [0, 0.05) is 15.7 Å². The molecule has 9 heteroatoms. The highest BCUT2D eigenvalue weighted by atomic mass is 31.1. The fourth-order valence-electron chi connectivity index (χ4n) is 0.654. The highest BCUT2D eigenvalue weighted by Gasteiger charge is 2.31. The third kappa shape index (κ3) is 8.59. The highest BCUT2D eigenvalue weighted by molar-refractivity contribution is 7.32. The molecule has 0 aliphatic rings. The number of hydrogen-bond donors (Lipinski definition) is 3. The lowest BCUT2D eigenvalue weighted by Crippen LogP contribution is -2.31. The lowest BCUT2D eigenvalue weighted by atomic mass is 10.3. The first-order chi connectivity index (χ1) is 6.56. The first-order valence-electron chi connectivity index (χ1n) is 3.95. The lowest BCUT2D eigenvalue weighted by Gasteiger charge is -2.04. The van der Waals surface area contributed by atoms with E-state index in [1.54, 1.807) is 0 Å². The molecule has 3 N–H and O–H groups in total. The molecule has 82 valence electrons. The maximum Gasteiger partial charge on any atom is 0.699 e. The summed E-state index contributed by atoms with van der Waals surface area (Å²) in [6.45, 7) is 2.42. The minimum absolute atomic E-state index is 0.466. The van der Waals surface area contributed by atoms with Crippen molar-refractivity contribution in [2.75, 3.05) is 6.54 Å². The Morgan fingerprint density at radius 3 is 2.14 bits per heavy atom. The quantitative estimate of drug-likeness (QED) is 0.332. The van der Waals surface area contributed by atoms with Crippen LogP contribution in [0.25, 0.3) is 0 Å². The summed E-state index contributed by atoms with van der Waals surface area (Å²) in [5.74, 6) is 0. The van der Waals surface area contributed by atoms with Crippen LogP contribution in [0.4, 0.5) is 0 Å². The van der Waals surface area contributed by atoms with Gasteiger partial charge in [-0.3, -0.25) is 5.32 Å². The summed E-state index contributed by atoms with van der Waals surface area (Å²) >= 11 is 0. The van der Waals surface area contributed by atoms with Gasteiger partial charge in [-0.05, 0) is 6.42 Å². The van der Waals surface area contributed by atoms with E-state index >= 15 is 0 Å². The summed E-state index contributed by atoms with van der Waals surface area (Å²) in [4.78, 5) is 16.8. The summed E-state index contributed by atoms with van der Waals surface area (Å²) < 4.78 is 29.1. The van der Waals surface area contributed by atoms with Crippen molar-refractivity contribution in [3.05, 3.63) is 0 Å². The molecule has 7 nitrogen and oxygen atoms in total. The molecule has 0 aliphatic heterocycles. The molecule has 14 heavy (non-hydrogen) atoms. The summed E-state index contributed by atoms with van der Waals surface area (Å²) in [6.07, 6.45) is 0.382. The maximum absolute atomic E-state index is 10.3. The Kier molecular flexibility index (Phi) is 8.32. The fraction of sp³-hybridized carbons (Fsp3) is 1.00. The fourth-order valence-corrected chi connectivity index (χ4v) is 1.28. The van der Waals surface area contributed by atoms with Gasteiger partial charge in [0.2, 0.25) is 0 Å². The van der Waals surface area contributed by atoms with Gasteiger partial charge in [-0.1, -0.05) is 22.4 Å². The molecule has 0 fully saturated rings. The molecule has 0 aromatic heterocycles. The Morgan fingerprint density at radius 2 is 1.79 bits per heavy atom. The Hall–Kier alpha value is -0.0000000000000000763. The van der Waals surface area contributed by atoms with Crippen LogP contribution >= 0.6 is 16.5 Å². The molecule has 0 aliphatic carbocycles. The van der Waals surface area contributed by atoms with Gasteiger partial charge in [0.15, 0.2) is 0 Å². The van der Waals surface area contributed by atoms with E-state index in [-0.39, 0.29) is 0 Å². The van der Waals surface area contributed by atoms with Crippen LogP contribution in [0.5, 0.6) is 0 Å². The second kappa shape index (κ2) is 8.32. The summed E-state index contributed by atoms with van der Waals surface area (Å²) in [6, 6.07) is 0. The van der Waals surface area contributed by atoms with Crippen molar-refractivity contribution < 1.29 is 28.0 Å². The molecule has 2 unspecified atom stereocenters. The summed E-state index contributed by atoms with van der Waals surface area (Å²) in [5.41, 5.74) is 0. The number of hydrogen-bond acceptors (Lipinski definition) is 5. The van der Waals surface area contributed by atoms with Crippen LogP contribution in [0.15, 0.2) is 0 Å². The van der Waals surface area contributed by atoms with Gasteiger partial charge in [0.05, 0.1) is 0 Å². The van der Waals surface area contributed by atoms with Gasteiger partial charge in [-0.15, -0.1) is 9.79 Å². The summed E-state index contributed by atoms with van der Waals surface area (Å²) in [7, 11) is -5.74. The first-order valence-corrected chi connectivity index (χ1v) is 6.21. The number of unbranched alkanes of at least 4 members (excludes halogenated alkanes) is 1. The molecule has 0 aromatic rings. The van der Waals surface area contributed by atoms with E-state index in [9.17, 15) is 9.13 Å². The lowest BCUT2D eigenvalue weighted by molar-refractivity contribution is -0.0240. The second-order valence-corrected chi connectivity index (χ2v) is 3.70. The maximum atomic E-state index is 10.3. The van der Waals surface area contributed by atoms with Crippen LogP contribution < -0.4 is 5.32 Å². The van der Waals surface area contributed by atoms with Crippen LogP contribution in [0.2, 0.25) is 0 Å². The van der Waals surface area contributed by atoms with E-state index in [2.05, 4.69) is 14.4 Å². The molecule has 0 rings (SSSR count). The molecule has 0 aromatic carbocycles. The van der Waals surface area contributed by atoms with Crippen LogP contribution in [-0.4, -0.2) is 22.7 Å². The highest BCUT2D eigenvalue weighted by Crippen LogP contribution is 2.24. The molecule has 2 atom stereocenters. The largest absolute Gasteiger partial charge is 0.699 e. The Balaban J connectivity index is 3.84. The van der Waals surface area contributed by atoms with E-state index in [0.29, 0.717) is 6.54 Å². The van der Waals surface area contributed by atoms with Crippen LogP contribution in [0.3, 0.4) is 0 Å². The third-order valence-corrected chi connectivity index (χ3v) is 1.96. The first kappa shape index (κ1) is 14.0. The van der Waals surface area contributed by atoms with Gasteiger partial charge in [-0.25, -0.2) is 0 Å². The number of nitrogens with one attached hydrogen (secondary N) is 1. The minimum atomic E-state index is -2.87. The van der Waals surface area contributed by atoms with Crippen molar-refractivity contribution in [1.82, 2.24) is 5.32 Å². The SMILES string of the molecule is CCCCNC(O[P+](=O)O)O[P+](=O)O. The van der Waals surface area contributed by atoms with Crippen molar-refractivity contribution in [2.24, 2.45) is 0 Å². The average molecular weight is 245 g/mol. The average Bonchev–Trinajstić information content (AvgIpc) is 2.02. The topological polar surface area (TPSA) is 105 Å². The molecule has 0 bridgehead atoms. The molecule has 0 heterocycles. The van der Waals surface area contributed by atoms with Crippen LogP contribution in [0.1, 0.15) is 19.8 Å². The standard InChI is InChI=1S/C5H11NO6P2/c1-2-3-4-6-5(11-13(7)8)12-14(9)10/h5-6H,2-4H2,1H3/p+2. The number of rotatable bonds is 8. The van der Waals surface area contributed by atoms with Crippen molar-refractivity contribution in [3.63, 3.8) is 0 Å². The van der Waals surface area contributed by atoms with Gasteiger partial charge in [-0.2, -0.15) is 0 Å². The van der Waals surface area contributed by atoms with Crippen molar-refractivity contribution >= 4 is 16.5 Å². The molecule has 0 amide bonds.